The van der Waals surface area contributed by atoms with Crippen molar-refractivity contribution in [3.05, 3.63) is 29.8 Å². The van der Waals surface area contributed by atoms with Gasteiger partial charge in [0.05, 0.1) is 11.6 Å². The first-order valence-electron chi connectivity index (χ1n) is 5.89. The first-order valence-corrected chi connectivity index (χ1v) is 5.89. The standard InChI is InChI=1S/C13H13F2NO3/c1-7-4-9(7)13(18)19-6-12(17)16-11-3-2-8(14)5-10(11)15/h2-3,5,7,9H,4,6H2,1H3,(H,16,17)/t7-,9+/m1/s1. The van der Waals surface area contributed by atoms with Crippen LogP contribution in [0.15, 0.2) is 18.2 Å². The fraction of sp³-hybridized carbons (Fsp3) is 0.385. The summed E-state index contributed by atoms with van der Waals surface area (Å²) < 4.78 is 30.7. The summed E-state index contributed by atoms with van der Waals surface area (Å²) >= 11 is 0. The average molecular weight is 269 g/mol. The van der Waals surface area contributed by atoms with E-state index >= 15 is 0 Å². The molecule has 4 nitrogen and oxygen atoms in total. The molecule has 0 spiro atoms. The topological polar surface area (TPSA) is 55.4 Å². The quantitative estimate of drug-likeness (QED) is 0.852. The molecule has 1 fully saturated rings. The Kier molecular flexibility index (Phi) is 3.78. The molecule has 0 aromatic heterocycles. The summed E-state index contributed by atoms with van der Waals surface area (Å²) in [4.78, 5) is 22.8. The van der Waals surface area contributed by atoms with Crippen molar-refractivity contribution in [1.82, 2.24) is 0 Å². The Labute approximate surface area is 108 Å². The SMILES string of the molecule is C[C@@H]1C[C@@H]1C(=O)OCC(=O)Nc1ccc(F)cc1F. The van der Waals surface area contributed by atoms with Crippen LogP contribution in [0, 0.1) is 23.5 Å². The molecule has 0 unspecified atom stereocenters. The lowest BCUT2D eigenvalue weighted by Crippen LogP contribution is -2.22. The third-order valence-corrected chi connectivity index (χ3v) is 2.96. The van der Waals surface area contributed by atoms with Gasteiger partial charge in [0.15, 0.2) is 6.61 Å². The summed E-state index contributed by atoms with van der Waals surface area (Å²) in [6, 6.07) is 2.79. The van der Waals surface area contributed by atoms with E-state index in [-0.39, 0.29) is 11.6 Å². The first kappa shape index (κ1) is 13.5. The van der Waals surface area contributed by atoms with Crippen molar-refractivity contribution < 1.29 is 23.1 Å². The molecule has 102 valence electrons. The van der Waals surface area contributed by atoms with Gasteiger partial charge in [-0.1, -0.05) is 6.92 Å². The lowest BCUT2D eigenvalue weighted by molar-refractivity contribution is -0.148. The Morgan fingerprint density at radius 1 is 1.42 bits per heavy atom. The van der Waals surface area contributed by atoms with Gasteiger partial charge in [0.2, 0.25) is 0 Å². The molecule has 1 aromatic carbocycles. The predicted octanol–water partition coefficient (Wildman–Crippen LogP) is 2.10. The smallest absolute Gasteiger partial charge is 0.309 e. The molecular formula is C13H13F2NO3. The number of carbonyl (C=O) groups is 2. The number of esters is 1. The number of halogens is 2. The fourth-order valence-electron chi connectivity index (χ4n) is 1.67. The second-order valence-electron chi connectivity index (χ2n) is 4.60. The molecule has 1 amide bonds. The van der Waals surface area contributed by atoms with Crippen LogP contribution in [-0.2, 0) is 14.3 Å². The van der Waals surface area contributed by atoms with Gasteiger partial charge in [0.1, 0.15) is 11.6 Å². The van der Waals surface area contributed by atoms with E-state index in [0.717, 1.165) is 18.6 Å². The van der Waals surface area contributed by atoms with Crippen LogP contribution >= 0.6 is 0 Å². The third kappa shape index (κ3) is 3.49. The Balaban J connectivity index is 1.82. The van der Waals surface area contributed by atoms with E-state index in [9.17, 15) is 18.4 Å². The van der Waals surface area contributed by atoms with E-state index < -0.39 is 30.1 Å². The van der Waals surface area contributed by atoms with Crippen LogP contribution in [0.25, 0.3) is 0 Å². The van der Waals surface area contributed by atoms with E-state index in [1.807, 2.05) is 6.92 Å². The number of rotatable bonds is 4. The average Bonchev–Trinajstić information content (AvgIpc) is 3.07. The Hall–Kier alpha value is -1.98. The lowest BCUT2D eigenvalue weighted by Gasteiger charge is -2.07. The Morgan fingerprint density at radius 3 is 2.68 bits per heavy atom. The summed E-state index contributed by atoms with van der Waals surface area (Å²) in [5, 5.41) is 2.21. The monoisotopic (exact) mass is 269 g/mol. The molecule has 2 rings (SSSR count). The molecule has 0 bridgehead atoms. The molecule has 1 aromatic rings. The summed E-state index contributed by atoms with van der Waals surface area (Å²) in [6.45, 7) is 1.44. The largest absolute Gasteiger partial charge is 0.455 e. The van der Waals surface area contributed by atoms with Gasteiger partial charge in [-0.15, -0.1) is 0 Å². The van der Waals surface area contributed by atoms with Crippen LogP contribution in [0.4, 0.5) is 14.5 Å². The maximum atomic E-state index is 13.2. The Bertz CT molecular complexity index is 519. The highest BCUT2D eigenvalue weighted by atomic mass is 19.1. The molecule has 1 saturated carbocycles. The molecule has 1 N–H and O–H groups in total. The molecule has 0 aliphatic heterocycles. The van der Waals surface area contributed by atoms with Gasteiger partial charge < -0.3 is 10.1 Å². The molecule has 0 heterocycles. The highest BCUT2D eigenvalue weighted by Crippen LogP contribution is 2.38. The van der Waals surface area contributed by atoms with Crippen molar-refractivity contribution in [2.24, 2.45) is 11.8 Å². The van der Waals surface area contributed by atoms with Crippen molar-refractivity contribution in [3.8, 4) is 0 Å². The third-order valence-electron chi connectivity index (χ3n) is 2.96. The summed E-state index contributed by atoms with van der Waals surface area (Å²) in [5.74, 6) is -2.52. The van der Waals surface area contributed by atoms with Gasteiger partial charge in [-0.3, -0.25) is 9.59 Å². The zero-order valence-corrected chi connectivity index (χ0v) is 10.3. The first-order chi connectivity index (χ1) is 8.97. The van der Waals surface area contributed by atoms with Crippen molar-refractivity contribution in [3.63, 3.8) is 0 Å². The fourth-order valence-corrected chi connectivity index (χ4v) is 1.67. The lowest BCUT2D eigenvalue weighted by atomic mass is 10.3. The number of hydrogen-bond acceptors (Lipinski definition) is 3. The van der Waals surface area contributed by atoms with E-state index in [1.54, 1.807) is 0 Å². The summed E-state index contributed by atoms with van der Waals surface area (Å²) in [5.41, 5.74) is -0.151. The van der Waals surface area contributed by atoms with Crippen molar-refractivity contribution in [2.75, 3.05) is 11.9 Å². The van der Waals surface area contributed by atoms with E-state index in [0.29, 0.717) is 12.0 Å². The molecule has 6 heteroatoms. The second-order valence-corrected chi connectivity index (χ2v) is 4.60. The molecule has 0 radical (unpaired) electrons. The number of anilines is 1. The van der Waals surface area contributed by atoms with Crippen LogP contribution in [-0.4, -0.2) is 18.5 Å². The molecule has 0 saturated heterocycles. The van der Waals surface area contributed by atoms with Gasteiger partial charge in [0.25, 0.3) is 5.91 Å². The number of benzene rings is 1. The van der Waals surface area contributed by atoms with Crippen molar-refractivity contribution in [2.45, 2.75) is 13.3 Å². The highest BCUT2D eigenvalue weighted by molar-refractivity contribution is 5.93. The number of hydrogen-bond donors (Lipinski definition) is 1. The molecule has 1 aliphatic carbocycles. The number of carbonyl (C=O) groups excluding carboxylic acids is 2. The number of nitrogens with one attached hydrogen (secondary N) is 1. The highest BCUT2D eigenvalue weighted by Gasteiger charge is 2.40. The van der Waals surface area contributed by atoms with Crippen LogP contribution in [0.1, 0.15) is 13.3 Å². The summed E-state index contributed by atoms with van der Waals surface area (Å²) in [6.07, 6.45) is 0.771. The van der Waals surface area contributed by atoms with Gasteiger partial charge in [0, 0.05) is 6.07 Å². The van der Waals surface area contributed by atoms with Gasteiger partial charge in [-0.2, -0.15) is 0 Å². The van der Waals surface area contributed by atoms with Crippen LogP contribution in [0.2, 0.25) is 0 Å². The predicted molar refractivity (Wildman–Crippen MR) is 63.2 cm³/mol. The van der Waals surface area contributed by atoms with Crippen LogP contribution in [0.5, 0.6) is 0 Å². The molecule has 2 atom stereocenters. The molecule has 1 aliphatic rings. The normalized spacial score (nSPS) is 20.8. The maximum Gasteiger partial charge on any atom is 0.309 e. The second kappa shape index (κ2) is 5.34. The van der Waals surface area contributed by atoms with Crippen LogP contribution in [0.3, 0.4) is 0 Å². The van der Waals surface area contributed by atoms with Crippen molar-refractivity contribution >= 4 is 17.6 Å². The zero-order valence-electron chi connectivity index (χ0n) is 10.3. The minimum atomic E-state index is -0.879. The molecule has 19 heavy (non-hydrogen) atoms. The van der Waals surface area contributed by atoms with E-state index in [1.165, 1.54) is 0 Å². The van der Waals surface area contributed by atoms with Gasteiger partial charge in [-0.05, 0) is 24.5 Å². The minimum absolute atomic E-state index is 0.129. The number of amides is 1. The van der Waals surface area contributed by atoms with Gasteiger partial charge >= 0.3 is 5.97 Å². The summed E-state index contributed by atoms with van der Waals surface area (Å²) in [7, 11) is 0. The number of ether oxygens (including phenoxy) is 1. The van der Waals surface area contributed by atoms with Crippen LogP contribution < -0.4 is 5.32 Å². The van der Waals surface area contributed by atoms with E-state index in [4.69, 9.17) is 4.74 Å². The minimum Gasteiger partial charge on any atom is -0.455 e. The van der Waals surface area contributed by atoms with Gasteiger partial charge in [-0.25, -0.2) is 8.78 Å². The maximum absolute atomic E-state index is 13.2. The van der Waals surface area contributed by atoms with E-state index in [2.05, 4.69) is 5.32 Å². The molecular weight excluding hydrogens is 256 g/mol. The Morgan fingerprint density at radius 2 is 2.11 bits per heavy atom. The zero-order chi connectivity index (χ0) is 14.0. The van der Waals surface area contributed by atoms with Crippen molar-refractivity contribution in [1.29, 1.82) is 0 Å².